The van der Waals surface area contributed by atoms with Gasteiger partial charge < -0.3 is 10.1 Å². The van der Waals surface area contributed by atoms with Gasteiger partial charge in [0.1, 0.15) is 5.75 Å². The van der Waals surface area contributed by atoms with E-state index in [0.29, 0.717) is 18.0 Å². The summed E-state index contributed by atoms with van der Waals surface area (Å²) in [6.45, 7) is 0.295. The highest BCUT2D eigenvalue weighted by Crippen LogP contribution is 2.28. The Balaban J connectivity index is 2.37. The van der Waals surface area contributed by atoms with Crippen molar-refractivity contribution in [1.29, 1.82) is 0 Å². The van der Waals surface area contributed by atoms with E-state index in [1.165, 1.54) is 12.1 Å². The van der Waals surface area contributed by atoms with Crippen molar-refractivity contribution >= 4 is 37.1 Å². The zero-order chi connectivity index (χ0) is 17.9. The fourth-order valence-electron chi connectivity index (χ4n) is 2.15. The third-order valence-electron chi connectivity index (χ3n) is 3.29. The fraction of sp³-hybridized carbons (Fsp3) is 0.200. The molecule has 2 aromatic carbocycles. The highest BCUT2D eigenvalue weighted by molar-refractivity contribution is 9.10. The minimum Gasteiger partial charge on any atom is -0.496 e. The smallest absolute Gasteiger partial charge is 0.270 e. The van der Waals surface area contributed by atoms with Crippen LogP contribution in [0, 0.1) is 10.1 Å². The van der Waals surface area contributed by atoms with E-state index >= 15 is 0 Å². The number of methoxy groups -OCH3 is 1. The first-order valence-corrected chi connectivity index (χ1v) is 9.45. The predicted octanol–water partition coefficient (Wildman–Crippen LogP) is 3.38. The van der Waals surface area contributed by atoms with E-state index in [9.17, 15) is 18.5 Å². The Morgan fingerprint density at radius 1 is 1.25 bits per heavy atom. The summed E-state index contributed by atoms with van der Waals surface area (Å²) in [6, 6.07) is 9.16. The van der Waals surface area contributed by atoms with Gasteiger partial charge in [0.15, 0.2) is 9.84 Å². The van der Waals surface area contributed by atoms with Crippen molar-refractivity contribution in [3.8, 4) is 5.75 Å². The summed E-state index contributed by atoms with van der Waals surface area (Å²) < 4.78 is 30.0. The lowest BCUT2D eigenvalue weighted by Crippen LogP contribution is -2.08. The van der Waals surface area contributed by atoms with Crippen molar-refractivity contribution in [2.45, 2.75) is 11.4 Å². The van der Waals surface area contributed by atoms with Crippen molar-refractivity contribution < 1.29 is 18.1 Å². The highest BCUT2D eigenvalue weighted by atomic mass is 79.9. The zero-order valence-electron chi connectivity index (χ0n) is 12.9. The number of non-ortho nitro benzene ring substituents is 1. The van der Waals surface area contributed by atoms with Gasteiger partial charge in [-0.15, -0.1) is 0 Å². The van der Waals surface area contributed by atoms with Gasteiger partial charge in [-0.05, 0) is 24.3 Å². The summed E-state index contributed by atoms with van der Waals surface area (Å²) >= 11 is 3.37. The topological polar surface area (TPSA) is 98.5 Å². The van der Waals surface area contributed by atoms with Crippen LogP contribution < -0.4 is 10.1 Å². The first kappa shape index (κ1) is 18.2. The number of nitrogens with zero attached hydrogens (tertiary/aromatic N) is 1. The first-order valence-electron chi connectivity index (χ1n) is 6.77. The van der Waals surface area contributed by atoms with Crippen molar-refractivity contribution in [2.75, 3.05) is 18.7 Å². The van der Waals surface area contributed by atoms with E-state index in [0.717, 1.165) is 22.4 Å². The molecule has 0 unspecified atom stereocenters. The van der Waals surface area contributed by atoms with Crippen molar-refractivity contribution in [2.24, 2.45) is 0 Å². The van der Waals surface area contributed by atoms with Crippen LogP contribution in [0.3, 0.4) is 0 Å². The van der Waals surface area contributed by atoms with Crippen LogP contribution in [0.4, 0.5) is 11.4 Å². The van der Waals surface area contributed by atoms with Crippen LogP contribution in [0.1, 0.15) is 5.56 Å². The molecule has 0 amide bonds. The van der Waals surface area contributed by atoms with Gasteiger partial charge in [-0.25, -0.2) is 8.42 Å². The summed E-state index contributed by atoms with van der Waals surface area (Å²) in [5, 5.41) is 13.9. The Morgan fingerprint density at radius 3 is 2.54 bits per heavy atom. The summed E-state index contributed by atoms with van der Waals surface area (Å²) in [5.74, 6) is 0.647. The number of hydrogen-bond acceptors (Lipinski definition) is 6. The molecule has 0 saturated carbocycles. The first-order chi connectivity index (χ1) is 11.2. The highest BCUT2D eigenvalue weighted by Gasteiger charge is 2.18. The second-order valence-electron chi connectivity index (χ2n) is 5.02. The molecule has 0 bridgehead atoms. The quantitative estimate of drug-likeness (QED) is 0.574. The number of nitro groups is 1. The number of anilines is 1. The third kappa shape index (κ3) is 4.24. The van der Waals surface area contributed by atoms with Gasteiger partial charge >= 0.3 is 0 Å². The largest absolute Gasteiger partial charge is 0.496 e. The zero-order valence-corrected chi connectivity index (χ0v) is 15.3. The van der Waals surface area contributed by atoms with Crippen LogP contribution in [-0.2, 0) is 16.4 Å². The molecule has 0 aliphatic heterocycles. The lowest BCUT2D eigenvalue weighted by Gasteiger charge is -2.13. The van der Waals surface area contributed by atoms with Crippen LogP contribution in [0.2, 0.25) is 0 Å². The van der Waals surface area contributed by atoms with Gasteiger partial charge in [0, 0.05) is 35.0 Å². The van der Waals surface area contributed by atoms with E-state index in [-0.39, 0.29) is 10.6 Å². The van der Waals surface area contributed by atoms with Gasteiger partial charge in [0.05, 0.1) is 22.6 Å². The molecule has 9 heteroatoms. The second-order valence-corrected chi connectivity index (χ2v) is 7.92. The Bertz CT molecular complexity index is 883. The lowest BCUT2D eigenvalue weighted by atomic mass is 10.2. The van der Waals surface area contributed by atoms with Crippen LogP contribution in [0.5, 0.6) is 5.75 Å². The minimum atomic E-state index is -3.63. The summed E-state index contributed by atoms with van der Waals surface area (Å²) in [7, 11) is -2.08. The minimum absolute atomic E-state index is 0.120. The molecule has 0 fully saturated rings. The van der Waals surface area contributed by atoms with E-state index in [2.05, 4.69) is 21.2 Å². The number of sulfone groups is 1. The molecule has 0 spiro atoms. The summed E-state index contributed by atoms with van der Waals surface area (Å²) in [6.07, 6.45) is 1.01. The summed E-state index contributed by atoms with van der Waals surface area (Å²) in [5.41, 5.74) is 0.829. The average Bonchev–Trinajstić information content (AvgIpc) is 2.52. The Labute approximate surface area is 147 Å². The molecule has 2 aromatic rings. The van der Waals surface area contributed by atoms with Crippen molar-refractivity contribution in [3.05, 3.63) is 56.5 Å². The molecule has 128 valence electrons. The maximum absolute atomic E-state index is 11.9. The Kier molecular flexibility index (Phi) is 5.45. The number of benzene rings is 2. The van der Waals surface area contributed by atoms with Crippen molar-refractivity contribution in [1.82, 2.24) is 0 Å². The standard InChI is InChI=1S/C15H15BrN2O5S/c1-23-14-6-3-11(16)7-10(14)9-17-13-5-4-12(18(19)20)8-15(13)24(2,21)22/h3-8,17H,9H2,1-2H3. The van der Waals surface area contributed by atoms with Crippen LogP contribution in [0.25, 0.3) is 0 Å². The van der Waals surface area contributed by atoms with E-state index in [1.54, 1.807) is 13.2 Å². The SMILES string of the molecule is COc1ccc(Br)cc1CNc1ccc([N+](=O)[O-])cc1S(C)(=O)=O. The molecule has 24 heavy (non-hydrogen) atoms. The third-order valence-corrected chi connectivity index (χ3v) is 4.92. The molecule has 0 radical (unpaired) electrons. The second kappa shape index (κ2) is 7.18. The van der Waals surface area contributed by atoms with Gasteiger partial charge in [-0.3, -0.25) is 10.1 Å². The van der Waals surface area contributed by atoms with Gasteiger partial charge in [0.2, 0.25) is 0 Å². The molecule has 0 aromatic heterocycles. The molecule has 0 aliphatic rings. The molecular formula is C15H15BrN2O5S. The van der Waals surface area contributed by atoms with Gasteiger partial charge in [-0.1, -0.05) is 15.9 Å². The van der Waals surface area contributed by atoms with Crippen molar-refractivity contribution in [3.63, 3.8) is 0 Å². The van der Waals surface area contributed by atoms with Gasteiger partial charge in [0.25, 0.3) is 5.69 Å². The molecule has 1 N–H and O–H groups in total. The molecule has 0 atom stereocenters. The summed E-state index contributed by atoms with van der Waals surface area (Å²) in [4.78, 5) is 10.1. The number of ether oxygens (including phenoxy) is 1. The number of halogens is 1. The van der Waals surface area contributed by atoms with Crippen LogP contribution in [0.15, 0.2) is 45.8 Å². The number of nitro benzene ring substituents is 1. The molecule has 0 heterocycles. The van der Waals surface area contributed by atoms with Crippen LogP contribution in [-0.4, -0.2) is 26.7 Å². The van der Waals surface area contributed by atoms with E-state index in [1.807, 2.05) is 12.1 Å². The molecule has 0 saturated heterocycles. The Morgan fingerprint density at radius 2 is 1.96 bits per heavy atom. The number of nitrogens with one attached hydrogen (secondary N) is 1. The van der Waals surface area contributed by atoms with E-state index < -0.39 is 14.8 Å². The maximum Gasteiger partial charge on any atom is 0.270 e. The maximum atomic E-state index is 11.9. The Hall–Kier alpha value is -2.13. The normalized spacial score (nSPS) is 11.1. The number of rotatable bonds is 6. The van der Waals surface area contributed by atoms with E-state index in [4.69, 9.17) is 4.74 Å². The monoisotopic (exact) mass is 414 g/mol. The molecule has 2 rings (SSSR count). The number of hydrogen-bond donors (Lipinski definition) is 1. The molecule has 0 aliphatic carbocycles. The predicted molar refractivity (Wildman–Crippen MR) is 94.2 cm³/mol. The van der Waals surface area contributed by atoms with Crippen LogP contribution >= 0.6 is 15.9 Å². The molecular weight excluding hydrogens is 400 g/mol. The van der Waals surface area contributed by atoms with Gasteiger partial charge in [-0.2, -0.15) is 0 Å². The average molecular weight is 415 g/mol. The molecule has 7 nitrogen and oxygen atoms in total. The lowest BCUT2D eigenvalue weighted by molar-refractivity contribution is -0.385. The fourth-order valence-corrected chi connectivity index (χ4v) is 3.44.